The molecule has 25 heavy (non-hydrogen) atoms. The van der Waals surface area contributed by atoms with Crippen LogP contribution in [0.2, 0.25) is 0 Å². The molecule has 1 heterocycles. The van der Waals surface area contributed by atoms with Gasteiger partial charge in [0, 0.05) is 18.0 Å². The number of nitrogens with two attached hydrogens (primary N) is 1. The maximum Gasteiger partial charge on any atom is 0.573 e. The predicted molar refractivity (Wildman–Crippen MR) is 98.3 cm³/mol. The van der Waals surface area contributed by atoms with E-state index in [9.17, 15) is 13.2 Å². The Morgan fingerprint density at radius 2 is 1.92 bits per heavy atom. The van der Waals surface area contributed by atoms with Gasteiger partial charge in [0.1, 0.15) is 5.75 Å². The molecule has 136 valence electrons. The Bertz CT molecular complexity index is 709. The van der Waals surface area contributed by atoms with E-state index in [1.165, 1.54) is 31.4 Å². The number of ether oxygens (including phenoxy) is 2. The molecule has 6 nitrogen and oxygen atoms in total. The molecule has 2 rings (SSSR count). The van der Waals surface area contributed by atoms with Crippen molar-refractivity contribution in [3.05, 3.63) is 48.2 Å². The Labute approximate surface area is 159 Å². The van der Waals surface area contributed by atoms with Gasteiger partial charge in [-0.2, -0.15) is 0 Å². The number of aromatic nitrogens is 1. The Morgan fingerprint density at radius 3 is 2.52 bits per heavy atom. The number of methoxy groups -OCH3 is 1. The van der Waals surface area contributed by atoms with Crippen LogP contribution in [0.4, 0.5) is 18.9 Å². The fourth-order valence-electron chi connectivity index (χ4n) is 1.76. The minimum atomic E-state index is -4.72. The summed E-state index contributed by atoms with van der Waals surface area (Å²) in [7, 11) is 1.51. The van der Waals surface area contributed by atoms with Crippen molar-refractivity contribution in [3.8, 4) is 11.6 Å². The lowest BCUT2D eigenvalue weighted by atomic mass is 10.3. The second kappa shape index (κ2) is 9.30. The normalized spacial score (nSPS) is 11.4. The molecule has 0 aliphatic heterocycles. The zero-order valence-corrected chi connectivity index (χ0v) is 15.4. The van der Waals surface area contributed by atoms with Crippen molar-refractivity contribution in [2.75, 3.05) is 12.4 Å². The first-order valence-electron chi connectivity index (χ1n) is 6.77. The quantitative estimate of drug-likeness (QED) is 0.399. The van der Waals surface area contributed by atoms with E-state index in [2.05, 4.69) is 20.0 Å². The molecule has 0 unspecified atom stereocenters. The summed E-state index contributed by atoms with van der Waals surface area (Å²) in [4.78, 5) is 8.11. The molecule has 1 aromatic heterocycles. The van der Waals surface area contributed by atoms with Gasteiger partial charge in [-0.3, -0.25) is 0 Å². The topological polar surface area (TPSA) is 81.8 Å². The molecule has 0 bridgehead atoms. The van der Waals surface area contributed by atoms with Crippen LogP contribution in [0.3, 0.4) is 0 Å². The number of hydrogen-bond donors (Lipinski definition) is 2. The minimum absolute atomic E-state index is 0. The highest BCUT2D eigenvalue weighted by Gasteiger charge is 2.30. The second-order valence-corrected chi connectivity index (χ2v) is 4.61. The summed E-state index contributed by atoms with van der Waals surface area (Å²) in [5.74, 6) is 0.275. The molecular formula is C15H16F3IN4O2. The summed E-state index contributed by atoms with van der Waals surface area (Å²) in [6.45, 7) is 0.299. The van der Waals surface area contributed by atoms with Gasteiger partial charge in [-0.1, -0.05) is 0 Å². The lowest BCUT2D eigenvalue weighted by Gasteiger charge is -2.10. The summed E-state index contributed by atoms with van der Waals surface area (Å²) in [5, 5.41) is 2.77. The van der Waals surface area contributed by atoms with Crippen molar-refractivity contribution in [2.45, 2.75) is 12.9 Å². The van der Waals surface area contributed by atoms with Crippen LogP contribution in [0.15, 0.2) is 47.6 Å². The average molecular weight is 468 g/mol. The molecule has 0 saturated heterocycles. The second-order valence-electron chi connectivity index (χ2n) is 4.61. The van der Waals surface area contributed by atoms with Crippen molar-refractivity contribution in [3.63, 3.8) is 0 Å². The first-order valence-corrected chi connectivity index (χ1v) is 6.77. The predicted octanol–water partition coefficient (Wildman–Crippen LogP) is 3.53. The molecular weight excluding hydrogens is 452 g/mol. The molecule has 0 radical (unpaired) electrons. The van der Waals surface area contributed by atoms with Gasteiger partial charge in [0.05, 0.1) is 13.7 Å². The summed E-state index contributed by atoms with van der Waals surface area (Å²) in [6, 6.07) is 8.65. The SMILES string of the molecule is COc1cc(CN=C(N)Nc2ccc(OC(F)(F)F)cc2)ccn1.I. The van der Waals surface area contributed by atoms with E-state index in [4.69, 9.17) is 10.5 Å². The molecule has 0 amide bonds. The smallest absolute Gasteiger partial charge is 0.481 e. The van der Waals surface area contributed by atoms with Gasteiger partial charge < -0.3 is 20.5 Å². The highest BCUT2D eigenvalue weighted by Crippen LogP contribution is 2.23. The largest absolute Gasteiger partial charge is 0.573 e. The number of guanidine groups is 1. The Hall–Kier alpha value is -2.24. The van der Waals surface area contributed by atoms with Gasteiger partial charge in [0.2, 0.25) is 5.88 Å². The summed E-state index contributed by atoms with van der Waals surface area (Å²) < 4.78 is 45.0. The van der Waals surface area contributed by atoms with Gasteiger partial charge in [-0.05, 0) is 35.9 Å². The molecule has 3 N–H and O–H groups in total. The molecule has 0 aliphatic carbocycles. The molecule has 0 saturated carbocycles. The first-order chi connectivity index (χ1) is 11.4. The molecule has 1 aromatic carbocycles. The number of pyridine rings is 1. The Kier molecular flexibility index (Phi) is 7.74. The first kappa shape index (κ1) is 20.8. The number of rotatable bonds is 5. The van der Waals surface area contributed by atoms with Gasteiger partial charge >= 0.3 is 6.36 Å². The molecule has 0 fully saturated rings. The monoisotopic (exact) mass is 468 g/mol. The van der Waals surface area contributed by atoms with Gasteiger partial charge in [-0.25, -0.2) is 9.98 Å². The molecule has 0 atom stereocenters. The fraction of sp³-hybridized carbons (Fsp3) is 0.200. The highest BCUT2D eigenvalue weighted by atomic mass is 127. The Balaban J connectivity index is 0.00000312. The van der Waals surface area contributed by atoms with Crippen molar-refractivity contribution >= 4 is 35.6 Å². The standard InChI is InChI=1S/C15H15F3N4O2.HI/c1-23-13-8-10(6-7-20-13)9-21-14(19)22-11-2-4-12(5-3-11)24-15(16,17)18;/h2-8H,9H2,1H3,(H3,19,21,22);1H. The van der Waals surface area contributed by atoms with Crippen LogP contribution in [0.5, 0.6) is 11.6 Å². The van der Waals surface area contributed by atoms with E-state index in [1.54, 1.807) is 18.3 Å². The molecule has 2 aromatic rings. The number of alkyl halides is 3. The Morgan fingerprint density at radius 1 is 1.24 bits per heavy atom. The van der Waals surface area contributed by atoms with Crippen LogP contribution < -0.4 is 20.5 Å². The zero-order chi connectivity index (χ0) is 17.6. The molecule has 0 spiro atoms. The van der Waals surface area contributed by atoms with E-state index < -0.39 is 6.36 Å². The summed E-state index contributed by atoms with van der Waals surface area (Å²) in [6.07, 6.45) is -3.13. The third-order valence-electron chi connectivity index (χ3n) is 2.80. The van der Waals surface area contributed by atoms with Crippen LogP contribution >= 0.6 is 24.0 Å². The van der Waals surface area contributed by atoms with Crippen molar-refractivity contribution in [1.82, 2.24) is 4.98 Å². The van der Waals surface area contributed by atoms with Crippen LogP contribution in [0, 0.1) is 0 Å². The fourth-order valence-corrected chi connectivity index (χ4v) is 1.76. The third kappa shape index (κ3) is 7.45. The minimum Gasteiger partial charge on any atom is -0.481 e. The number of halogens is 4. The summed E-state index contributed by atoms with van der Waals surface area (Å²) >= 11 is 0. The van der Waals surface area contributed by atoms with E-state index >= 15 is 0 Å². The number of anilines is 1. The number of nitrogens with one attached hydrogen (secondary N) is 1. The van der Waals surface area contributed by atoms with E-state index in [0.29, 0.717) is 18.1 Å². The van der Waals surface area contributed by atoms with Crippen LogP contribution in [-0.4, -0.2) is 24.4 Å². The lowest BCUT2D eigenvalue weighted by molar-refractivity contribution is -0.274. The van der Waals surface area contributed by atoms with E-state index in [1.807, 2.05) is 0 Å². The highest BCUT2D eigenvalue weighted by molar-refractivity contribution is 14.0. The van der Waals surface area contributed by atoms with Crippen LogP contribution in [0.1, 0.15) is 5.56 Å². The van der Waals surface area contributed by atoms with Crippen molar-refractivity contribution < 1.29 is 22.6 Å². The number of nitrogens with zero attached hydrogens (tertiary/aromatic N) is 2. The number of hydrogen-bond acceptors (Lipinski definition) is 4. The van der Waals surface area contributed by atoms with Crippen molar-refractivity contribution in [2.24, 2.45) is 10.7 Å². The van der Waals surface area contributed by atoms with Crippen molar-refractivity contribution in [1.29, 1.82) is 0 Å². The van der Waals surface area contributed by atoms with E-state index in [-0.39, 0.29) is 35.7 Å². The number of aliphatic imine (C=N–C) groups is 1. The summed E-state index contributed by atoms with van der Waals surface area (Å²) in [5.41, 5.74) is 7.08. The average Bonchev–Trinajstić information content (AvgIpc) is 2.54. The van der Waals surface area contributed by atoms with Crippen LogP contribution in [0.25, 0.3) is 0 Å². The van der Waals surface area contributed by atoms with E-state index in [0.717, 1.165) is 5.56 Å². The molecule has 0 aliphatic rings. The maximum atomic E-state index is 12.1. The van der Waals surface area contributed by atoms with Crippen LogP contribution in [-0.2, 0) is 6.54 Å². The third-order valence-corrected chi connectivity index (χ3v) is 2.80. The lowest BCUT2D eigenvalue weighted by Crippen LogP contribution is -2.22. The molecule has 10 heteroatoms. The van der Waals surface area contributed by atoms with Gasteiger partial charge in [0.25, 0.3) is 0 Å². The maximum absolute atomic E-state index is 12.1. The number of benzene rings is 1. The van der Waals surface area contributed by atoms with Gasteiger partial charge in [-0.15, -0.1) is 37.1 Å². The van der Waals surface area contributed by atoms with Gasteiger partial charge in [0.15, 0.2) is 5.96 Å². The zero-order valence-electron chi connectivity index (χ0n) is 13.1.